The third-order valence-corrected chi connectivity index (χ3v) is 4.35. The summed E-state index contributed by atoms with van der Waals surface area (Å²) in [6.07, 6.45) is 2.32. The average Bonchev–Trinajstić information content (AvgIpc) is 3.16. The molecular weight excluding hydrogens is 289 g/mol. The zero-order chi connectivity index (χ0) is 14.8. The van der Waals surface area contributed by atoms with Crippen LogP contribution in [-0.2, 0) is 13.1 Å². The second-order valence-corrected chi connectivity index (χ2v) is 6.20. The van der Waals surface area contributed by atoms with Crippen molar-refractivity contribution in [3.05, 3.63) is 57.5 Å². The fraction of sp³-hybridized carbons (Fsp3) is 0.312. The highest BCUT2D eigenvalue weighted by Gasteiger charge is 2.29. The first kappa shape index (κ1) is 14.2. The molecule has 1 fully saturated rings. The largest absolute Gasteiger partial charge is 0.478 e. The van der Waals surface area contributed by atoms with Crippen molar-refractivity contribution in [1.82, 2.24) is 4.90 Å². The minimum atomic E-state index is -1.09. The van der Waals surface area contributed by atoms with E-state index < -0.39 is 11.8 Å². The Balaban J connectivity index is 1.78. The lowest BCUT2D eigenvalue weighted by Gasteiger charge is -2.21. The lowest BCUT2D eigenvalue weighted by atomic mass is 10.1. The molecule has 5 heteroatoms. The van der Waals surface area contributed by atoms with E-state index in [1.807, 2.05) is 5.38 Å². The maximum absolute atomic E-state index is 13.6. The first-order valence-corrected chi connectivity index (χ1v) is 7.84. The highest BCUT2D eigenvalue weighted by atomic mass is 32.1. The van der Waals surface area contributed by atoms with Gasteiger partial charge in [-0.25, -0.2) is 9.18 Å². The first-order chi connectivity index (χ1) is 10.1. The van der Waals surface area contributed by atoms with Crippen LogP contribution in [0.25, 0.3) is 0 Å². The van der Waals surface area contributed by atoms with Gasteiger partial charge in [-0.15, -0.1) is 0 Å². The molecule has 1 aromatic carbocycles. The van der Waals surface area contributed by atoms with Crippen LogP contribution in [0.4, 0.5) is 4.39 Å². The lowest BCUT2D eigenvalue weighted by molar-refractivity contribution is 0.0696. The molecule has 1 saturated carbocycles. The van der Waals surface area contributed by atoms with Gasteiger partial charge in [-0.2, -0.15) is 11.3 Å². The lowest BCUT2D eigenvalue weighted by Crippen LogP contribution is -2.25. The van der Waals surface area contributed by atoms with Gasteiger partial charge in [-0.05, 0) is 59.0 Å². The van der Waals surface area contributed by atoms with Crippen LogP contribution >= 0.6 is 11.3 Å². The van der Waals surface area contributed by atoms with Crippen molar-refractivity contribution in [2.45, 2.75) is 32.0 Å². The molecule has 1 aliphatic carbocycles. The van der Waals surface area contributed by atoms with Gasteiger partial charge < -0.3 is 5.11 Å². The number of nitrogens with zero attached hydrogens (tertiary/aromatic N) is 1. The Morgan fingerprint density at radius 2 is 2.05 bits per heavy atom. The first-order valence-electron chi connectivity index (χ1n) is 6.90. The number of benzene rings is 1. The van der Waals surface area contributed by atoms with Crippen molar-refractivity contribution >= 4 is 17.3 Å². The van der Waals surface area contributed by atoms with E-state index in [1.165, 1.54) is 11.6 Å². The number of hydrogen-bond acceptors (Lipinski definition) is 3. The Kier molecular flexibility index (Phi) is 4.03. The number of carboxylic acids is 1. The van der Waals surface area contributed by atoms with Crippen molar-refractivity contribution in [2.75, 3.05) is 0 Å². The summed E-state index contributed by atoms with van der Waals surface area (Å²) in [4.78, 5) is 13.3. The molecule has 1 N–H and O–H groups in total. The molecule has 110 valence electrons. The predicted octanol–water partition coefficient (Wildman–Crippen LogP) is 3.75. The molecule has 0 radical (unpaired) electrons. The molecule has 3 nitrogen and oxygen atoms in total. The van der Waals surface area contributed by atoms with Crippen LogP contribution in [0.5, 0.6) is 0 Å². The van der Waals surface area contributed by atoms with Gasteiger partial charge in [0, 0.05) is 19.1 Å². The van der Waals surface area contributed by atoms with E-state index in [0.29, 0.717) is 12.6 Å². The van der Waals surface area contributed by atoms with Crippen LogP contribution in [0.15, 0.2) is 35.0 Å². The molecule has 3 rings (SSSR count). The number of carboxylic acid groups (broad SMARTS) is 1. The van der Waals surface area contributed by atoms with Crippen LogP contribution in [0.1, 0.15) is 34.3 Å². The third-order valence-electron chi connectivity index (χ3n) is 3.62. The fourth-order valence-electron chi connectivity index (χ4n) is 2.47. The summed E-state index contributed by atoms with van der Waals surface area (Å²) in [7, 11) is 0. The average molecular weight is 305 g/mol. The van der Waals surface area contributed by atoms with E-state index in [1.54, 1.807) is 17.4 Å². The van der Waals surface area contributed by atoms with Crippen LogP contribution in [-0.4, -0.2) is 22.0 Å². The molecule has 1 heterocycles. The summed E-state index contributed by atoms with van der Waals surface area (Å²) in [6.45, 7) is 1.41. The molecule has 0 unspecified atom stereocenters. The summed E-state index contributed by atoms with van der Waals surface area (Å²) in [5, 5.41) is 13.2. The smallest absolute Gasteiger partial charge is 0.335 e. The summed E-state index contributed by atoms with van der Waals surface area (Å²) in [6, 6.07) is 6.67. The minimum Gasteiger partial charge on any atom is -0.478 e. The Morgan fingerprint density at radius 3 is 2.67 bits per heavy atom. The Bertz CT molecular complexity index is 638. The van der Waals surface area contributed by atoms with Crippen molar-refractivity contribution in [3.63, 3.8) is 0 Å². The van der Waals surface area contributed by atoms with Crippen LogP contribution in [0.3, 0.4) is 0 Å². The standard InChI is InChI=1S/C16H16FNO2S/c17-14-6-12(5-13(7-14)16(19)20)9-18(15-1-2-15)8-11-3-4-21-10-11/h3-7,10,15H,1-2,8-9H2,(H,19,20). The number of hydrogen-bond donors (Lipinski definition) is 1. The number of rotatable bonds is 6. The van der Waals surface area contributed by atoms with Crippen molar-refractivity contribution in [2.24, 2.45) is 0 Å². The Morgan fingerprint density at radius 1 is 1.29 bits per heavy atom. The maximum atomic E-state index is 13.6. The molecule has 0 atom stereocenters. The highest BCUT2D eigenvalue weighted by Crippen LogP contribution is 2.30. The fourth-order valence-corrected chi connectivity index (χ4v) is 3.13. The normalized spacial score (nSPS) is 14.6. The molecule has 0 saturated heterocycles. The number of thiophene rings is 1. The third kappa shape index (κ3) is 3.68. The second-order valence-electron chi connectivity index (χ2n) is 5.42. The van der Waals surface area contributed by atoms with E-state index >= 15 is 0 Å². The highest BCUT2D eigenvalue weighted by molar-refractivity contribution is 7.07. The van der Waals surface area contributed by atoms with Crippen molar-refractivity contribution in [3.8, 4) is 0 Å². The van der Waals surface area contributed by atoms with Crippen molar-refractivity contribution in [1.29, 1.82) is 0 Å². The van der Waals surface area contributed by atoms with Gasteiger partial charge in [0.2, 0.25) is 0 Å². The summed E-state index contributed by atoms with van der Waals surface area (Å²) in [5.41, 5.74) is 1.98. The predicted molar refractivity (Wildman–Crippen MR) is 79.9 cm³/mol. The van der Waals surface area contributed by atoms with Gasteiger partial charge in [-0.3, -0.25) is 4.90 Å². The second kappa shape index (κ2) is 5.95. The number of aromatic carboxylic acids is 1. The molecule has 21 heavy (non-hydrogen) atoms. The van der Waals surface area contributed by atoms with Gasteiger partial charge in [0.15, 0.2) is 0 Å². The van der Waals surface area contributed by atoms with Crippen LogP contribution in [0, 0.1) is 5.82 Å². The van der Waals surface area contributed by atoms with Crippen LogP contribution < -0.4 is 0 Å². The van der Waals surface area contributed by atoms with Gasteiger partial charge in [-0.1, -0.05) is 0 Å². The molecule has 0 spiro atoms. The molecule has 0 aliphatic heterocycles. The minimum absolute atomic E-state index is 0.0104. The van der Waals surface area contributed by atoms with Gasteiger partial charge in [0.25, 0.3) is 0 Å². The summed E-state index contributed by atoms with van der Waals surface area (Å²) >= 11 is 1.66. The number of halogens is 1. The zero-order valence-corrected chi connectivity index (χ0v) is 12.3. The van der Waals surface area contributed by atoms with Gasteiger partial charge >= 0.3 is 5.97 Å². The molecule has 0 amide bonds. The Labute approximate surface area is 126 Å². The van der Waals surface area contributed by atoms with E-state index in [9.17, 15) is 9.18 Å². The zero-order valence-electron chi connectivity index (χ0n) is 11.5. The number of carbonyl (C=O) groups is 1. The molecule has 2 aromatic rings. The topological polar surface area (TPSA) is 40.5 Å². The Hall–Kier alpha value is -1.72. The van der Waals surface area contributed by atoms with E-state index in [4.69, 9.17) is 5.11 Å². The molecule has 1 aromatic heterocycles. The van der Waals surface area contributed by atoms with Crippen molar-refractivity contribution < 1.29 is 14.3 Å². The molecular formula is C16H16FNO2S. The van der Waals surface area contributed by atoms with E-state index in [-0.39, 0.29) is 5.56 Å². The SMILES string of the molecule is O=C(O)c1cc(F)cc(CN(Cc2ccsc2)C2CC2)c1. The maximum Gasteiger partial charge on any atom is 0.335 e. The summed E-state index contributed by atoms with van der Waals surface area (Å²) in [5.74, 6) is -1.58. The quantitative estimate of drug-likeness (QED) is 0.883. The van der Waals surface area contributed by atoms with Gasteiger partial charge in [0.1, 0.15) is 5.82 Å². The van der Waals surface area contributed by atoms with Crippen LogP contribution in [0.2, 0.25) is 0 Å². The van der Waals surface area contributed by atoms with E-state index in [0.717, 1.165) is 31.0 Å². The molecule has 1 aliphatic rings. The summed E-state index contributed by atoms with van der Waals surface area (Å²) < 4.78 is 13.6. The monoisotopic (exact) mass is 305 g/mol. The van der Waals surface area contributed by atoms with Gasteiger partial charge in [0.05, 0.1) is 5.56 Å². The van der Waals surface area contributed by atoms with E-state index in [2.05, 4.69) is 16.3 Å². The molecule has 0 bridgehead atoms.